The summed E-state index contributed by atoms with van der Waals surface area (Å²) in [5.41, 5.74) is 0. The lowest BCUT2D eigenvalue weighted by Crippen LogP contribution is -2.28. The van der Waals surface area contributed by atoms with Crippen molar-refractivity contribution in [3.8, 4) is 0 Å². The van der Waals surface area contributed by atoms with Gasteiger partial charge in [-0.25, -0.2) is 8.42 Å². The SMILES string of the molecule is CCC1CCN(S(=O)(=O)c2cc(CNC)oc2Br)C1. The van der Waals surface area contributed by atoms with Crippen LogP contribution in [0.15, 0.2) is 20.0 Å². The summed E-state index contributed by atoms with van der Waals surface area (Å²) in [6.45, 7) is 3.81. The van der Waals surface area contributed by atoms with Gasteiger partial charge in [0.15, 0.2) is 4.67 Å². The van der Waals surface area contributed by atoms with E-state index in [0.29, 0.717) is 31.3 Å². The molecule has 0 saturated carbocycles. The Bertz CT molecular complexity index is 541. The first-order valence-electron chi connectivity index (χ1n) is 6.42. The molecule has 108 valence electrons. The number of nitrogens with zero attached hydrogens (tertiary/aromatic N) is 1. The number of halogens is 1. The molecule has 2 heterocycles. The fourth-order valence-electron chi connectivity index (χ4n) is 2.32. The van der Waals surface area contributed by atoms with Crippen LogP contribution in [-0.2, 0) is 16.6 Å². The van der Waals surface area contributed by atoms with Gasteiger partial charge in [-0.3, -0.25) is 0 Å². The van der Waals surface area contributed by atoms with Crippen molar-refractivity contribution in [2.45, 2.75) is 31.2 Å². The van der Waals surface area contributed by atoms with E-state index >= 15 is 0 Å². The van der Waals surface area contributed by atoms with Gasteiger partial charge in [0.2, 0.25) is 10.0 Å². The molecule has 1 aliphatic heterocycles. The Morgan fingerprint density at radius 2 is 2.32 bits per heavy atom. The molecule has 1 N–H and O–H groups in total. The van der Waals surface area contributed by atoms with Crippen LogP contribution in [-0.4, -0.2) is 32.9 Å². The number of furan rings is 1. The van der Waals surface area contributed by atoms with Crippen molar-refractivity contribution in [3.63, 3.8) is 0 Å². The molecule has 1 atom stereocenters. The number of rotatable bonds is 5. The monoisotopic (exact) mass is 350 g/mol. The van der Waals surface area contributed by atoms with Gasteiger partial charge in [-0.05, 0) is 35.3 Å². The first-order valence-corrected chi connectivity index (χ1v) is 8.65. The Kier molecular flexibility index (Phi) is 4.70. The van der Waals surface area contributed by atoms with E-state index in [0.717, 1.165) is 12.8 Å². The molecule has 0 aliphatic carbocycles. The maximum atomic E-state index is 12.5. The highest BCUT2D eigenvalue weighted by Gasteiger charge is 2.34. The fourth-order valence-corrected chi connectivity index (χ4v) is 4.81. The standard InChI is InChI=1S/C12H19BrN2O3S/c1-3-9-4-5-15(8-9)19(16,17)11-6-10(7-14-2)18-12(11)13/h6,9,14H,3-5,7-8H2,1-2H3. The summed E-state index contributed by atoms with van der Waals surface area (Å²) in [6.07, 6.45) is 1.96. The van der Waals surface area contributed by atoms with Crippen molar-refractivity contribution in [1.82, 2.24) is 9.62 Å². The average molecular weight is 351 g/mol. The van der Waals surface area contributed by atoms with Crippen LogP contribution in [0.5, 0.6) is 0 Å². The third-order valence-corrected chi connectivity index (χ3v) is 6.22. The van der Waals surface area contributed by atoms with E-state index < -0.39 is 10.0 Å². The summed E-state index contributed by atoms with van der Waals surface area (Å²) >= 11 is 3.20. The third kappa shape index (κ3) is 3.04. The average Bonchev–Trinajstić information content (AvgIpc) is 2.96. The van der Waals surface area contributed by atoms with Gasteiger partial charge < -0.3 is 9.73 Å². The quantitative estimate of drug-likeness (QED) is 0.883. The minimum Gasteiger partial charge on any atom is -0.452 e. The van der Waals surface area contributed by atoms with Crippen molar-refractivity contribution in [3.05, 3.63) is 16.5 Å². The molecule has 0 aromatic carbocycles. The van der Waals surface area contributed by atoms with Crippen LogP contribution in [0.2, 0.25) is 0 Å². The first kappa shape index (κ1) is 15.0. The van der Waals surface area contributed by atoms with Crippen molar-refractivity contribution in [1.29, 1.82) is 0 Å². The Balaban J connectivity index is 2.24. The number of sulfonamides is 1. The predicted octanol–water partition coefficient (Wildman–Crippen LogP) is 2.18. The van der Waals surface area contributed by atoms with Crippen LogP contribution in [0.25, 0.3) is 0 Å². The van der Waals surface area contributed by atoms with Crippen molar-refractivity contribution < 1.29 is 12.8 Å². The molecule has 1 saturated heterocycles. The minimum atomic E-state index is -3.44. The molecular formula is C12H19BrN2O3S. The van der Waals surface area contributed by atoms with Crippen molar-refractivity contribution in [2.75, 3.05) is 20.1 Å². The largest absolute Gasteiger partial charge is 0.452 e. The zero-order valence-electron chi connectivity index (χ0n) is 11.1. The van der Waals surface area contributed by atoms with Gasteiger partial charge in [0.1, 0.15) is 10.7 Å². The Morgan fingerprint density at radius 3 is 2.89 bits per heavy atom. The van der Waals surface area contributed by atoms with Gasteiger partial charge >= 0.3 is 0 Å². The summed E-state index contributed by atoms with van der Waals surface area (Å²) < 4.78 is 32.3. The van der Waals surface area contributed by atoms with Crippen LogP contribution in [0, 0.1) is 5.92 Å². The first-order chi connectivity index (χ1) is 8.98. The van der Waals surface area contributed by atoms with E-state index in [-0.39, 0.29) is 9.56 Å². The molecule has 0 radical (unpaired) electrons. The van der Waals surface area contributed by atoms with Crippen molar-refractivity contribution >= 4 is 26.0 Å². The Labute approximate surface area is 122 Å². The second kappa shape index (κ2) is 5.95. The molecule has 0 bridgehead atoms. The van der Waals surface area contributed by atoms with E-state index in [9.17, 15) is 8.42 Å². The van der Waals surface area contributed by atoms with Gasteiger partial charge in [-0.15, -0.1) is 0 Å². The molecule has 1 aromatic heterocycles. The number of hydrogen-bond donors (Lipinski definition) is 1. The summed E-state index contributed by atoms with van der Waals surface area (Å²) in [6, 6.07) is 1.59. The van der Waals surface area contributed by atoms with Crippen LogP contribution >= 0.6 is 15.9 Å². The molecule has 19 heavy (non-hydrogen) atoms. The van der Waals surface area contributed by atoms with E-state index in [4.69, 9.17) is 4.42 Å². The van der Waals surface area contributed by atoms with Crippen LogP contribution in [0.3, 0.4) is 0 Å². The maximum Gasteiger partial charge on any atom is 0.247 e. The second-order valence-corrected chi connectivity index (χ2v) is 7.43. The lowest BCUT2D eigenvalue weighted by molar-refractivity contribution is 0.446. The molecular weight excluding hydrogens is 332 g/mol. The third-order valence-electron chi connectivity index (χ3n) is 3.50. The Morgan fingerprint density at radius 1 is 1.58 bits per heavy atom. The van der Waals surface area contributed by atoms with Gasteiger partial charge in [0.25, 0.3) is 0 Å². The highest BCUT2D eigenvalue weighted by Crippen LogP contribution is 2.32. The zero-order valence-corrected chi connectivity index (χ0v) is 13.6. The van der Waals surface area contributed by atoms with Gasteiger partial charge in [-0.1, -0.05) is 13.3 Å². The number of hydrogen-bond acceptors (Lipinski definition) is 4. The van der Waals surface area contributed by atoms with E-state index in [1.807, 2.05) is 0 Å². The topological polar surface area (TPSA) is 62.6 Å². The van der Waals surface area contributed by atoms with E-state index in [2.05, 4.69) is 28.2 Å². The summed E-state index contributed by atoms with van der Waals surface area (Å²) in [4.78, 5) is 0.231. The molecule has 7 heteroatoms. The fraction of sp³-hybridized carbons (Fsp3) is 0.667. The molecule has 1 aliphatic rings. The molecule has 5 nitrogen and oxygen atoms in total. The Hall–Kier alpha value is -0.370. The van der Waals surface area contributed by atoms with Gasteiger partial charge in [-0.2, -0.15) is 4.31 Å². The molecule has 2 rings (SSSR count). The van der Waals surface area contributed by atoms with Gasteiger partial charge in [0, 0.05) is 19.2 Å². The molecule has 1 aromatic rings. The predicted molar refractivity (Wildman–Crippen MR) is 76.3 cm³/mol. The van der Waals surface area contributed by atoms with Crippen LogP contribution < -0.4 is 5.32 Å². The lowest BCUT2D eigenvalue weighted by Gasteiger charge is -2.15. The molecule has 0 spiro atoms. The smallest absolute Gasteiger partial charge is 0.247 e. The second-order valence-electron chi connectivity index (χ2n) is 4.81. The van der Waals surface area contributed by atoms with Crippen LogP contribution in [0.4, 0.5) is 0 Å². The van der Waals surface area contributed by atoms with E-state index in [1.54, 1.807) is 17.4 Å². The highest BCUT2D eigenvalue weighted by molar-refractivity contribution is 9.10. The van der Waals surface area contributed by atoms with Gasteiger partial charge in [0.05, 0.1) is 6.54 Å². The normalized spacial score (nSPS) is 21.1. The molecule has 0 amide bonds. The van der Waals surface area contributed by atoms with Crippen LogP contribution in [0.1, 0.15) is 25.5 Å². The zero-order chi connectivity index (χ0) is 14.0. The highest BCUT2D eigenvalue weighted by atomic mass is 79.9. The van der Waals surface area contributed by atoms with Crippen molar-refractivity contribution in [2.24, 2.45) is 5.92 Å². The summed E-state index contributed by atoms with van der Waals surface area (Å²) in [5.74, 6) is 1.08. The number of nitrogens with one attached hydrogen (secondary N) is 1. The van der Waals surface area contributed by atoms with E-state index in [1.165, 1.54) is 0 Å². The molecule has 1 fully saturated rings. The molecule has 1 unspecified atom stereocenters. The maximum absolute atomic E-state index is 12.5. The summed E-state index contributed by atoms with van der Waals surface area (Å²) in [7, 11) is -1.66. The minimum absolute atomic E-state index is 0.231. The summed E-state index contributed by atoms with van der Waals surface area (Å²) in [5, 5.41) is 2.94. The lowest BCUT2D eigenvalue weighted by atomic mass is 10.1.